The zero-order valence-corrected chi connectivity index (χ0v) is 17.7. The van der Waals surface area contributed by atoms with Crippen LogP contribution in [0, 0.1) is 0 Å². The topological polar surface area (TPSA) is 23.6 Å². The number of amides is 1. The van der Waals surface area contributed by atoms with Gasteiger partial charge < -0.3 is 4.90 Å². The molecule has 1 aliphatic carbocycles. The highest BCUT2D eigenvalue weighted by Crippen LogP contribution is 2.30. The Kier molecular flexibility index (Phi) is 5.96. The molecule has 1 amide bonds. The van der Waals surface area contributed by atoms with Crippen LogP contribution in [0.25, 0.3) is 0 Å². The molecular weight excluding hydrogens is 391 g/mol. The molecule has 1 fully saturated rings. The molecule has 3 nitrogen and oxygen atoms in total. The van der Waals surface area contributed by atoms with Crippen LogP contribution in [0.4, 0.5) is 0 Å². The standard InChI is InChI=1S/C23H26Cl2N2O/c1-26(23(28)13-16-8-9-19(24)20(25)12-16)21-14-17-6-2-3-7-18(17)15-22(21)27-10-4-5-11-27/h2-3,6-9,12,21-22H,4-5,10-11,13-15H2,1H3. The second-order valence-corrected chi connectivity index (χ2v) is 8.80. The molecular formula is C23H26Cl2N2O. The first-order valence-electron chi connectivity index (χ1n) is 10.0. The number of hydrogen-bond acceptors (Lipinski definition) is 2. The van der Waals surface area contributed by atoms with Crippen LogP contribution in [0.15, 0.2) is 42.5 Å². The van der Waals surface area contributed by atoms with Crippen molar-refractivity contribution in [2.45, 2.75) is 44.2 Å². The van der Waals surface area contributed by atoms with Crippen LogP contribution in [0.5, 0.6) is 0 Å². The quantitative estimate of drug-likeness (QED) is 0.725. The summed E-state index contributed by atoms with van der Waals surface area (Å²) < 4.78 is 0. The summed E-state index contributed by atoms with van der Waals surface area (Å²) in [6.07, 6.45) is 4.79. The number of carbonyl (C=O) groups is 1. The van der Waals surface area contributed by atoms with Gasteiger partial charge in [-0.2, -0.15) is 0 Å². The largest absolute Gasteiger partial charge is 0.341 e. The van der Waals surface area contributed by atoms with E-state index in [1.54, 1.807) is 12.1 Å². The van der Waals surface area contributed by atoms with Crippen LogP contribution in [0.1, 0.15) is 29.5 Å². The lowest BCUT2D eigenvalue weighted by molar-refractivity contribution is -0.132. The van der Waals surface area contributed by atoms with E-state index in [1.165, 1.54) is 24.0 Å². The van der Waals surface area contributed by atoms with E-state index in [0.29, 0.717) is 22.5 Å². The van der Waals surface area contributed by atoms with Crippen molar-refractivity contribution < 1.29 is 4.79 Å². The predicted octanol–water partition coefficient (Wildman–Crippen LogP) is 4.63. The van der Waals surface area contributed by atoms with Crippen molar-refractivity contribution in [1.82, 2.24) is 9.80 Å². The second-order valence-electron chi connectivity index (χ2n) is 7.98. The number of benzene rings is 2. The number of halogens is 2. The Bertz CT molecular complexity index is 863. The molecule has 0 radical (unpaired) electrons. The molecule has 2 aromatic rings. The summed E-state index contributed by atoms with van der Waals surface area (Å²) in [5.74, 6) is 0.131. The molecule has 0 saturated carbocycles. The number of hydrogen-bond donors (Lipinski definition) is 0. The normalized spacial score (nSPS) is 22.1. The maximum Gasteiger partial charge on any atom is 0.227 e. The lowest BCUT2D eigenvalue weighted by atomic mass is 9.83. The van der Waals surface area contributed by atoms with E-state index in [4.69, 9.17) is 23.2 Å². The second kappa shape index (κ2) is 8.44. The number of likely N-dealkylation sites (tertiary alicyclic amines) is 1. The van der Waals surface area contributed by atoms with Crippen molar-refractivity contribution in [3.05, 3.63) is 69.2 Å². The predicted molar refractivity (Wildman–Crippen MR) is 115 cm³/mol. The van der Waals surface area contributed by atoms with Crippen LogP contribution in [-0.4, -0.2) is 47.9 Å². The number of likely N-dealkylation sites (N-methyl/N-ethyl adjacent to an activating group) is 1. The average Bonchev–Trinajstić information content (AvgIpc) is 3.24. The van der Waals surface area contributed by atoms with E-state index in [1.807, 2.05) is 18.0 Å². The van der Waals surface area contributed by atoms with Gasteiger partial charge in [0.15, 0.2) is 0 Å². The summed E-state index contributed by atoms with van der Waals surface area (Å²) in [5.41, 5.74) is 3.71. The SMILES string of the molecule is CN(C(=O)Cc1ccc(Cl)c(Cl)c1)C1Cc2ccccc2CC1N1CCCC1. The van der Waals surface area contributed by atoms with Gasteiger partial charge in [-0.1, -0.05) is 53.5 Å². The number of rotatable bonds is 4. The summed E-state index contributed by atoms with van der Waals surface area (Å²) >= 11 is 12.1. The Morgan fingerprint density at radius 1 is 1.04 bits per heavy atom. The highest BCUT2D eigenvalue weighted by Gasteiger charge is 2.37. The molecule has 0 spiro atoms. The van der Waals surface area contributed by atoms with E-state index in [9.17, 15) is 4.79 Å². The Morgan fingerprint density at radius 2 is 1.71 bits per heavy atom. The molecule has 5 heteroatoms. The molecule has 28 heavy (non-hydrogen) atoms. The van der Waals surface area contributed by atoms with E-state index in [2.05, 4.69) is 29.2 Å². The minimum absolute atomic E-state index is 0.131. The highest BCUT2D eigenvalue weighted by molar-refractivity contribution is 6.42. The Balaban J connectivity index is 1.55. The van der Waals surface area contributed by atoms with Gasteiger partial charge in [-0.15, -0.1) is 0 Å². The van der Waals surface area contributed by atoms with Gasteiger partial charge in [0.1, 0.15) is 0 Å². The lowest BCUT2D eigenvalue weighted by Crippen LogP contribution is -2.55. The van der Waals surface area contributed by atoms with E-state index < -0.39 is 0 Å². The Labute approximate surface area is 177 Å². The van der Waals surface area contributed by atoms with Crippen LogP contribution >= 0.6 is 23.2 Å². The lowest BCUT2D eigenvalue weighted by Gasteiger charge is -2.43. The van der Waals surface area contributed by atoms with Crippen LogP contribution in [-0.2, 0) is 24.1 Å². The molecule has 4 rings (SSSR count). The number of carbonyl (C=O) groups excluding carboxylic acids is 1. The summed E-state index contributed by atoms with van der Waals surface area (Å²) in [4.78, 5) is 17.7. The maximum absolute atomic E-state index is 13.1. The maximum atomic E-state index is 13.1. The van der Waals surface area contributed by atoms with Crippen LogP contribution in [0.3, 0.4) is 0 Å². The van der Waals surface area contributed by atoms with E-state index in [-0.39, 0.29) is 11.9 Å². The smallest absolute Gasteiger partial charge is 0.227 e. The molecule has 0 aromatic heterocycles. The minimum atomic E-state index is 0.131. The fourth-order valence-corrected chi connectivity index (χ4v) is 4.97. The van der Waals surface area contributed by atoms with Crippen LogP contribution in [0.2, 0.25) is 10.0 Å². The van der Waals surface area contributed by atoms with E-state index in [0.717, 1.165) is 31.5 Å². The zero-order chi connectivity index (χ0) is 19.7. The molecule has 2 aliphatic rings. The first-order valence-corrected chi connectivity index (χ1v) is 10.8. The van der Waals surface area contributed by atoms with E-state index >= 15 is 0 Å². The van der Waals surface area contributed by atoms with Gasteiger partial charge in [0.25, 0.3) is 0 Å². The van der Waals surface area contributed by atoms with Crippen molar-refractivity contribution in [3.8, 4) is 0 Å². The molecule has 2 unspecified atom stereocenters. The number of nitrogens with zero attached hydrogens (tertiary/aromatic N) is 2. The Morgan fingerprint density at radius 3 is 2.39 bits per heavy atom. The first kappa shape index (κ1) is 19.8. The molecule has 1 heterocycles. The van der Waals surface area contributed by atoms with Gasteiger partial charge >= 0.3 is 0 Å². The third kappa shape index (κ3) is 4.07. The van der Waals surface area contributed by atoms with Gasteiger partial charge in [0, 0.05) is 13.1 Å². The molecule has 0 bridgehead atoms. The summed E-state index contributed by atoms with van der Waals surface area (Å²) in [5, 5.41) is 1.01. The monoisotopic (exact) mass is 416 g/mol. The average molecular weight is 417 g/mol. The van der Waals surface area contributed by atoms with Crippen molar-refractivity contribution in [1.29, 1.82) is 0 Å². The molecule has 148 valence electrons. The van der Waals surface area contributed by atoms with Gasteiger partial charge in [-0.3, -0.25) is 9.69 Å². The molecule has 1 saturated heterocycles. The van der Waals surface area contributed by atoms with Crippen molar-refractivity contribution >= 4 is 29.1 Å². The van der Waals surface area contributed by atoms with Crippen molar-refractivity contribution in [2.75, 3.05) is 20.1 Å². The minimum Gasteiger partial charge on any atom is -0.341 e. The molecule has 1 aliphatic heterocycles. The molecule has 2 aromatic carbocycles. The molecule has 2 atom stereocenters. The van der Waals surface area contributed by atoms with Crippen LogP contribution < -0.4 is 0 Å². The first-order chi connectivity index (χ1) is 13.5. The summed E-state index contributed by atoms with van der Waals surface area (Å²) in [7, 11) is 1.96. The van der Waals surface area contributed by atoms with Crippen molar-refractivity contribution in [3.63, 3.8) is 0 Å². The highest BCUT2D eigenvalue weighted by atomic mass is 35.5. The Hall–Kier alpha value is -1.55. The van der Waals surface area contributed by atoms with Gasteiger partial charge in [-0.25, -0.2) is 0 Å². The van der Waals surface area contributed by atoms with Gasteiger partial charge in [-0.05, 0) is 67.6 Å². The molecule has 0 N–H and O–H groups in total. The van der Waals surface area contributed by atoms with Gasteiger partial charge in [0.2, 0.25) is 5.91 Å². The third-order valence-corrected chi connectivity index (χ3v) is 7.00. The fourth-order valence-electron chi connectivity index (χ4n) is 4.65. The van der Waals surface area contributed by atoms with Crippen molar-refractivity contribution in [2.24, 2.45) is 0 Å². The fraction of sp³-hybridized carbons (Fsp3) is 0.435. The van der Waals surface area contributed by atoms with Gasteiger partial charge in [0.05, 0.1) is 22.5 Å². The summed E-state index contributed by atoms with van der Waals surface area (Å²) in [6.45, 7) is 2.27. The number of fused-ring (bicyclic) bond motifs is 1. The zero-order valence-electron chi connectivity index (χ0n) is 16.2. The third-order valence-electron chi connectivity index (χ3n) is 6.26. The summed E-state index contributed by atoms with van der Waals surface area (Å²) in [6, 6.07) is 14.7.